The van der Waals surface area contributed by atoms with Gasteiger partial charge < -0.3 is 24.7 Å². The number of amides is 1. The number of methoxy groups -OCH3 is 2. The van der Waals surface area contributed by atoms with Crippen LogP contribution in [0.5, 0.6) is 11.5 Å². The lowest BCUT2D eigenvalue weighted by Gasteiger charge is -2.12. The van der Waals surface area contributed by atoms with Gasteiger partial charge in [-0.1, -0.05) is 12.1 Å². The van der Waals surface area contributed by atoms with Crippen molar-refractivity contribution in [2.24, 2.45) is 0 Å². The molecule has 0 bridgehead atoms. The minimum atomic E-state index is -0.0166. The third-order valence-electron chi connectivity index (χ3n) is 5.02. The van der Waals surface area contributed by atoms with E-state index < -0.39 is 0 Å². The van der Waals surface area contributed by atoms with Gasteiger partial charge in [0.2, 0.25) is 0 Å². The number of carbonyl (C=O) groups is 1. The summed E-state index contributed by atoms with van der Waals surface area (Å²) in [4.78, 5) is 21.6. The molecule has 1 amide bonds. The maximum Gasteiger partial charge on any atom is 0.253 e. The Hall–Kier alpha value is -4.00. The Balaban J connectivity index is 1.60. The second kappa shape index (κ2) is 8.39. The van der Waals surface area contributed by atoms with E-state index in [9.17, 15) is 4.79 Å². The predicted molar refractivity (Wildman–Crippen MR) is 122 cm³/mol. The van der Waals surface area contributed by atoms with Crippen LogP contribution in [0.25, 0.3) is 22.2 Å². The zero-order valence-corrected chi connectivity index (χ0v) is 17.9. The minimum absolute atomic E-state index is 0.0166. The van der Waals surface area contributed by atoms with E-state index in [1.807, 2.05) is 60.8 Å². The maximum atomic E-state index is 12.1. The Kier molecular flexibility index (Phi) is 5.49. The molecule has 2 heterocycles. The fraction of sp³-hybridized carbons (Fsp3) is 0.167. The van der Waals surface area contributed by atoms with Crippen molar-refractivity contribution in [3.8, 4) is 22.8 Å². The van der Waals surface area contributed by atoms with Gasteiger partial charge in [0.1, 0.15) is 17.3 Å². The van der Waals surface area contributed by atoms with Crippen LogP contribution >= 0.6 is 0 Å². The molecule has 0 saturated heterocycles. The Morgan fingerprint density at radius 1 is 1.00 bits per heavy atom. The van der Waals surface area contributed by atoms with Gasteiger partial charge in [0.15, 0.2) is 0 Å². The molecular weight excluding hydrogens is 392 g/mol. The van der Waals surface area contributed by atoms with Crippen molar-refractivity contribution in [3.05, 3.63) is 66.4 Å². The van der Waals surface area contributed by atoms with E-state index >= 15 is 0 Å². The summed E-state index contributed by atoms with van der Waals surface area (Å²) in [6.45, 7) is 0. The maximum absolute atomic E-state index is 12.1. The first-order chi connectivity index (χ1) is 15.0. The minimum Gasteiger partial charge on any atom is -0.497 e. The van der Waals surface area contributed by atoms with Crippen LogP contribution in [0.2, 0.25) is 0 Å². The number of rotatable bonds is 6. The van der Waals surface area contributed by atoms with Gasteiger partial charge in [0, 0.05) is 49.1 Å². The van der Waals surface area contributed by atoms with Gasteiger partial charge in [-0.05, 0) is 35.9 Å². The fourth-order valence-electron chi connectivity index (χ4n) is 3.34. The highest BCUT2D eigenvalue weighted by Crippen LogP contribution is 2.32. The monoisotopic (exact) mass is 416 g/mol. The van der Waals surface area contributed by atoms with Crippen LogP contribution in [-0.4, -0.2) is 49.1 Å². The van der Waals surface area contributed by atoms with Crippen LogP contribution < -0.4 is 14.8 Å². The number of anilines is 2. The molecule has 158 valence electrons. The molecule has 0 aliphatic carbocycles. The van der Waals surface area contributed by atoms with E-state index in [2.05, 4.69) is 15.3 Å². The summed E-state index contributed by atoms with van der Waals surface area (Å²) in [6, 6.07) is 17.1. The lowest BCUT2D eigenvalue weighted by Crippen LogP contribution is -2.21. The second-order valence-corrected chi connectivity index (χ2v) is 7.31. The van der Waals surface area contributed by atoms with Crippen molar-refractivity contribution < 1.29 is 14.3 Å². The zero-order chi connectivity index (χ0) is 22.0. The number of hydrogen-bond donors (Lipinski definition) is 2. The Bertz CT molecular complexity index is 1230. The normalized spacial score (nSPS) is 10.7. The molecular formula is C24H24N4O3. The molecule has 0 radical (unpaired) electrons. The number of aromatic nitrogens is 2. The van der Waals surface area contributed by atoms with E-state index in [4.69, 9.17) is 9.47 Å². The van der Waals surface area contributed by atoms with E-state index in [0.29, 0.717) is 17.1 Å². The molecule has 2 aromatic heterocycles. The third-order valence-corrected chi connectivity index (χ3v) is 5.02. The number of nitrogens with zero attached hydrogens (tertiary/aromatic N) is 2. The molecule has 0 saturated carbocycles. The fourth-order valence-corrected chi connectivity index (χ4v) is 3.34. The number of carbonyl (C=O) groups excluding carboxylic acids is 1. The predicted octanol–water partition coefficient (Wildman–Crippen LogP) is 4.69. The highest BCUT2D eigenvalue weighted by Gasteiger charge is 2.11. The molecule has 31 heavy (non-hydrogen) atoms. The Labute approximate surface area is 180 Å². The van der Waals surface area contributed by atoms with E-state index in [0.717, 1.165) is 33.6 Å². The summed E-state index contributed by atoms with van der Waals surface area (Å²) in [5.41, 5.74) is 4.36. The van der Waals surface area contributed by atoms with Gasteiger partial charge in [-0.2, -0.15) is 0 Å². The third kappa shape index (κ3) is 4.16. The van der Waals surface area contributed by atoms with Gasteiger partial charge in [0.05, 0.1) is 25.4 Å². The first-order valence-corrected chi connectivity index (χ1v) is 9.78. The molecule has 0 fully saturated rings. The first kappa shape index (κ1) is 20.3. The van der Waals surface area contributed by atoms with Gasteiger partial charge in [-0.15, -0.1) is 0 Å². The van der Waals surface area contributed by atoms with Crippen molar-refractivity contribution in [1.82, 2.24) is 14.9 Å². The van der Waals surface area contributed by atoms with Gasteiger partial charge in [-0.25, -0.2) is 4.98 Å². The molecule has 0 aliphatic heterocycles. The molecule has 7 nitrogen and oxygen atoms in total. The van der Waals surface area contributed by atoms with Crippen LogP contribution in [0.4, 0.5) is 11.5 Å². The van der Waals surface area contributed by atoms with E-state index in [1.54, 1.807) is 33.2 Å². The largest absolute Gasteiger partial charge is 0.497 e. The van der Waals surface area contributed by atoms with E-state index in [-0.39, 0.29) is 5.91 Å². The van der Waals surface area contributed by atoms with Crippen LogP contribution in [-0.2, 0) is 0 Å². The van der Waals surface area contributed by atoms with Gasteiger partial charge >= 0.3 is 0 Å². The van der Waals surface area contributed by atoms with Crippen molar-refractivity contribution in [3.63, 3.8) is 0 Å². The summed E-state index contributed by atoms with van der Waals surface area (Å²) in [6.07, 6.45) is 1.82. The average Bonchev–Trinajstić information content (AvgIpc) is 3.22. The summed E-state index contributed by atoms with van der Waals surface area (Å²) in [5.74, 6) is 2.06. The summed E-state index contributed by atoms with van der Waals surface area (Å²) in [5, 5.41) is 4.29. The number of aromatic amines is 1. The summed E-state index contributed by atoms with van der Waals surface area (Å²) in [7, 11) is 6.72. The van der Waals surface area contributed by atoms with Crippen molar-refractivity contribution in [2.75, 3.05) is 33.6 Å². The quantitative estimate of drug-likeness (QED) is 0.477. The number of benzene rings is 2. The molecule has 2 N–H and O–H groups in total. The van der Waals surface area contributed by atoms with Crippen LogP contribution in [0.15, 0.2) is 60.8 Å². The second-order valence-electron chi connectivity index (χ2n) is 7.31. The lowest BCUT2D eigenvalue weighted by atomic mass is 10.1. The number of pyridine rings is 1. The Morgan fingerprint density at radius 3 is 2.45 bits per heavy atom. The standard InChI is InChI=1S/C24H24N4O3/c1-28(2)24(29)16-7-5-15(6-8-16)20-11-17-14-25-23(13-21(17)26-20)27-19-10-9-18(30-3)12-22(19)31-4/h5-14,26H,1-4H3,(H,25,27). The van der Waals surface area contributed by atoms with Crippen molar-refractivity contribution >= 4 is 28.3 Å². The van der Waals surface area contributed by atoms with Crippen molar-refractivity contribution in [2.45, 2.75) is 0 Å². The molecule has 0 aliphatic rings. The van der Waals surface area contributed by atoms with Crippen LogP contribution in [0.1, 0.15) is 10.4 Å². The average molecular weight is 416 g/mol. The molecule has 4 rings (SSSR count). The first-order valence-electron chi connectivity index (χ1n) is 9.78. The highest BCUT2D eigenvalue weighted by molar-refractivity contribution is 5.94. The molecule has 0 unspecified atom stereocenters. The molecule has 7 heteroatoms. The lowest BCUT2D eigenvalue weighted by molar-refractivity contribution is 0.0827. The van der Waals surface area contributed by atoms with E-state index in [1.165, 1.54) is 0 Å². The highest BCUT2D eigenvalue weighted by atomic mass is 16.5. The molecule has 0 spiro atoms. The SMILES string of the molecule is COc1ccc(Nc2cc3[nH]c(-c4ccc(C(=O)N(C)C)cc4)cc3cn2)c(OC)c1. The number of H-pyrrole nitrogens is 1. The molecule has 0 atom stereocenters. The summed E-state index contributed by atoms with van der Waals surface area (Å²) >= 11 is 0. The summed E-state index contributed by atoms with van der Waals surface area (Å²) < 4.78 is 10.7. The number of nitrogens with one attached hydrogen (secondary N) is 2. The topological polar surface area (TPSA) is 79.5 Å². The smallest absolute Gasteiger partial charge is 0.253 e. The van der Waals surface area contributed by atoms with Crippen LogP contribution in [0.3, 0.4) is 0 Å². The van der Waals surface area contributed by atoms with Gasteiger partial charge in [0.25, 0.3) is 5.91 Å². The van der Waals surface area contributed by atoms with Gasteiger partial charge in [-0.3, -0.25) is 4.79 Å². The zero-order valence-electron chi connectivity index (χ0n) is 17.9. The molecule has 2 aromatic carbocycles. The van der Waals surface area contributed by atoms with Crippen molar-refractivity contribution in [1.29, 1.82) is 0 Å². The number of fused-ring (bicyclic) bond motifs is 1. The number of ether oxygens (including phenoxy) is 2. The van der Waals surface area contributed by atoms with Crippen LogP contribution in [0, 0.1) is 0 Å². The Morgan fingerprint density at radius 2 is 1.77 bits per heavy atom. The molecule has 4 aromatic rings. The number of hydrogen-bond acceptors (Lipinski definition) is 5.